The van der Waals surface area contributed by atoms with Gasteiger partial charge in [0.15, 0.2) is 0 Å². The molecule has 4 nitrogen and oxygen atoms in total. The van der Waals surface area contributed by atoms with Crippen LogP contribution in [0.25, 0.3) is 5.69 Å². The van der Waals surface area contributed by atoms with Crippen molar-refractivity contribution in [1.29, 1.82) is 0 Å². The van der Waals surface area contributed by atoms with Gasteiger partial charge in [0, 0.05) is 18.3 Å². The van der Waals surface area contributed by atoms with E-state index in [0.29, 0.717) is 6.54 Å². The summed E-state index contributed by atoms with van der Waals surface area (Å²) in [4.78, 5) is 0. The van der Waals surface area contributed by atoms with E-state index in [-0.39, 0.29) is 0 Å². The molecule has 0 aliphatic heterocycles. The van der Waals surface area contributed by atoms with Crippen molar-refractivity contribution in [3.05, 3.63) is 72.1 Å². The van der Waals surface area contributed by atoms with Gasteiger partial charge in [-0.2, -0.15) is 5.10 Å². The van der Waals surface area contributed by atoms with Crippen LogP contribution in [-0.2, 0) is 6.54 Å². The summed E-state index contributed by atoms with van der Waals surface area (Å²) >= 11 is 0. The van der Waals surface area contributed by atoms with Crippen molar-refractivity contribution in [2.75, 3.05) is 12.4 Å². The fourth-order valence-corrected chi connectivity index (χ4v) is 2.33. The lowest BCUT2D eigenvalue weighted by molar-refractivity contribution is 0.416. The summed E-state index contributed by atoms with van der Waals surface area (Å²) in [6.45, 7) is 2.77. The third-order valence-electron chi connectivity index (χ3n) is 3.49. The first-order valence-electron chi connectivity index (χ1n) is 7.24. The molecule has 1 heterocycles. The minimum absolute atomic E-state index is 0.701. The normalized spacial score (nSPS) is 10.5. The van der Waals surface area contributed by atoms with Gasteiger partial charge in [-0.3, -0.25) is 0 Å². The minimum atomic E-state index is 0.701. The first kappa shape index (κ1) is 14.2. The Balaban J connectivity index is 1.73. The average Bonchev–Trinajstić information content (AvgIpc) is 3.03. The Bertz CT molecular complexity index is 750. The Morgan fingerprint density at radius 2 is 1.95 bits per heavy atom. The molecular formula is C18H19N3O. The first-order valence-corrected chi connectivity index (χ1v) is 7.24. The third kappa shape index (κ3) is 3.11. The Hall–Kier alpha value is -2.75. The van der Waals surface area contributed by atoms with E-state index in [4.69, 9.17) is 4.74 Å². The highest BCUT2D eigenvalue weighted by Gasteiger charge is 2.05. The second kappa shape index (κ2) is 6.35. The number of para-hydroxylation sites is 1. The Morgan fingerprint density at radius 1 is 1.14 bits per heavy atom. The van der Waals surface area contributed by atoms with Crippen molar-refractivity contribution in [1.82, 2.24) is 9.78 Å². The SMILES string of the molecule is COc1ccc(C)cc1NCc1cnn(-c2ccccc2)c1. The highest BCUT2D eigenvalue weighted by Crippen LogP contribution is 2.25. The molecule has 1 aromatic heterocycles. The molecule has 4 heteroatoms. The quantitative estimate of drug-likeness (QED) is 0.777. The van der Waals surface area contributed by atoms with Gasteiger partial charge < -0.3 is 10.1 Å². The minimum Gasteiger partial charge on any atom is -0.495 e. The number of hydrogen-bond donors (Lipinski definition) is 1. The lowest BCUT2D eigenvalue weighted by Gasteiger charge is -2.11. The van der Waals surface area contributed by atoms with E-state index in [2.05, 4.69) is 23.4 Å². The van der Waals surface area contributed by atoms with Crippen LogP contribution >= 0.6 is 0 Å². The van der Waals surface area contributed by atoms with Crippen molar-refractivity contribution < 1.29 is 4.74 Å². The molecule has 0 spiro atoms. The largest absolute Gasteiger partial charge is 0.495 e. The number of nitrogens with zero attached hydrogens (tertiary/aromatic N) is 2. The van der Waals surface area contributed by atoms with E-state index in [0.717, 1.165) is 22.7 Å². The van der Waals surface area contributed by atoms with E-state index in [9.17, 15) is 0 Å². The van der Waals surface area contributed by atoms with Crippen LogP contribution in [-0.4, -0.2) is 16.9 Å². The maximum Gasteiger partial charge on any atom is 0.141 e. The molecule has 0 saturated heterocycles. The molecule has 0 atom stereocenters. The van der Waals surface area contributed by atoms with Crippen LogP contribution in [0.5, 0.6) is 5.75 Å². The van der Waals surface area contributed by atoms with Gasteiger partial charge in [-0.05, 0) is 36.8 Å². The molecule has 0 radical (unpaired) electrons. The third-order valence-corrected chi connectivity index (χ3v) is 3.49. The van der Waals surface area contributed by atoms with Crippen LogP contribution in [0.4, 0.5) is 5.69 Å². The molecule has 0 bridgehead atoms. The van der Waals surface area contributed by atoms with Crippen LogP contribution in [0.2, 0.25) is 0 Å². The molecule has 0 unspecified atom stereocenters. The predicted molar refractivity (Wildman–Crippen MR) is 88.6 cm³/mol. The van der Waals surface area contributed by atoms with Crippen LogP contribution in [0.3, 0.4) is 0 Å². The zero-order valence-corrected chi connectivity index (χ0v) is 12.8. The number of aryl methyl sites for hydroxylation is 1. The summed E-state index contributed by atoms with van der Waals surface area (Å²) in [6, 6.07) is 16.2. The second-order valence-corrected chi connectivity index (χ2v) is 5.19. The molecule has 112 valence electrons. The lowest BCUT2D eigenvalue weighted by Crippen LogP contribution is -2.01. The van der Waals surface area contributed by atoms with Crippen LogP contribution in [0, 0.1) is 6.92 Å². The van der Waals surface area contributed by atoms with E-state index >= 15 is 0 Å². The Kier molecular flexibility index (Phi) is 4.10. The van der Waals surface area contributed by atoms with Gasteiger partial charge in [-0.25, -0.2) is 4.68 Å². The molecule has 0 amide bonds. The number of hydrogen-bond acceptors (Lipinski definition) is 3. The molecule has 1 N–H and O–H groups in total. The molecule has 0 saturated carbocycles. The highest BCUT2D eigenvalue weighted by molar-refractivity contribution is 5.58. The molecule has 0 aliphatic carbocycles. The molecule has 0 aliphatic rings. The molecule has 22 heavy (non-hydrogen) atoms. The van der Waals surface area contributed by atoms with Gasteiger partial charge in [0.25, 0.3) is 0 Å². The summed E-state index contributed by atoms with van der Waals surface area (Å²) in [7, 11) is 1.68. The summed E-state index contributed by atoms with van der Waals surface area (Å²) in [6.07, 6.45) is 3.91. The molecule has 3 aromatic rings. The van der Waals surface area contributed by atoms with Gasteiger partial charge in [0.1, 0.15) is 5.75 Å². The molecule has 3 rings (SSSR count). The summed E-state index contributed by atoms with van der Waals surface area (Å²) in [5.74, 6) is 0.848. The van der Waals surface area contributed by atoms with Crippen molar-refractivity contribution in [3.63, 3.8) is 0 Å². The number of aromatic nitrogens is 2. The summed E-state index contributed by atoms with van der Waals surface area (Å²) in [5.41, 5.74) is 4.37. The number of methoxy groups -OCH3 is 1. The lowest BCUT2D eigenvalue weighted by atomic mass is 10.2. The Morgan fingerprint density at radius 3 is 2.73 bits per heavy atom. The molecular weight excluding hydrogens is 274 g/mol. The summed E-state index contributed by atoms with van der Waals surface area (Å²) in [5, 5.41) is 7.81. The Labute approximate surface area is 130 Å². The van der Waals surface area contributed by atoms with Crippen LogP contribution in [0.1, 0.15) is 11.1 Å². The first-order chi connectivity index (χ1) is 10.8. The van der Waals surface area contributed by atoms with E-state index in [1.54, 1.807) is 7.11 Å². The van der Waals surface area contributed by atoms with Crippen molar-refractivity contribution in [2.45, 2.75) is 13.5 Å². The maximum absolute atomic E-state index is 5.38. The van der Waals surface area contributed by atoms with Crippen molar-refractivity contribution >= 4 is 5.69 Å². The monoisotopic (exact) mass is 293 g/mol. The number of anilines is 1. The van der Waals surface area contributed by atoms with Gasteiger partial charge in [-0.1, -0.05) is 24.3 Å². The smallest absolute Gasteiger partial charge is 0.141 e. The zero-order valence-electron chi connectivity index (χ0n) is 12.8. The van der Waals surface area contributed by atoms with E-state index in [1.165, 1.54) is 5.56 Å². The van der Waals surface area contributed by atoms with Gasteiger partial charge in [-0.15, -0.1) is 0 Å². The van der Waals surface area contributed by atoms with Gasteiger partial charge >= 0.3 is 0 Å². The maximum atomic E-state index is 5.38. The zero-order chi connectivity index (χ0) is 15.4. The number of nitrogens with one attached hydrogen (secondary N) is 1. The van der Waals surface area contributed by atoms with E-state index in [1.807, 2.05) is 59.5 Å². The van der Waals surface area contributed by atoms with Crippen molar-refractivity contribution in [3.8, 4) is 11.4 Å². The van der Waals surface area contributed by atoms with Gasteiger partial charge in [0.05, 0.1) is 24.7 Å². The highest BCUT2D eigenvalue weighted by atomic mass is 16.5. The summed E-state index contributed by atoms with van der Waals surface area (Å²) < 4.78 is 7.26. The number of rotatable bonds is 5. The fourth-order valence-electron chi connectivity index (χ4n) is 2.33. The molecule has 2 aromatic carbocycles. The van der Waals surface area contributed by atoms with Crippen LogP contribution < -0.4 is 10.1 Å². The fraction of sp³-hybridized carbons (Fsp3) is 0.167. The molecule has 0 fully saturated rings. The standard InChI is InChI=1S/C18H19N3O/c1-14-8-9-18(22-2)17(10-14)19-11-15-12-20-21(13-15)16-6-4-3-5-7-16/h3-10,12-13,19H,11H2,1-2H3. The van der Waals surface area contributed by atoms with E-state index < -0.39 is 0 Å². The predicted octanol–water partition coefficient (Wildman–Crippen LogP) is 3.80. The number of benzene rings is 2. The number of ether oxygens (including phenoxy) is 1. The van der Waals surface area contributed by atoms with Crippen LogP contribution in [0.15, 0.2) is 60.9 Å². The second-order valence-electron chi connectivity index (χ2n) is 5.19. The average molecular weight is 293 g/mol. The van der Waals surface area contributed by atoms with Crippen molar-refractivity contribution in [2.24, 2.45) is 0 Å². The van der Waals surface area contributed by atoms with Gasteiger partial charge in [0.2, 0.25) is 0 Å². The topological polar surface area (TPSA) is 39.1 Å².